The van der Waals surface area contributed by atoms with Crippen molar-refractivity contribution < 1.29 is 9.18 Å². The molecule has 0 radical (unpaired) electrons. The van der Waals surface area contributed by atoms with E-state index in [2.05, 4.69) is 5.32 Å². The lowest BCUT2D eigenvalue weighted by Crippen LogP contribution is -2.28. The van der Waals surface area contributed by atoms with Gasteiger partial charge >= 0.3 is 0 Å². The van der Waals surface area contributed by atoms with Crippen molar-refractivity contribution in [1.29, 1.82) is 0 Å². The average Bonchev–Trinajstić information content (AvgIpc) is 2.24. The largest absolute Gasteiger partial charge is 0.330 e. The Hall–Kier alpha value is -1.42. The summed E-state index contributed by atoms with van der Waals surface area (Å²) in [5, 5.41) is 2.75. The molecule has 1 unspecified atom stereocenters. The molecule has 0 spiro atoms. The SMILES string of the molecule is CCC(CN)C(=O)Nc1ccc(F)cc1C. The normalized spacial score (nSPS) is 12.2. The summed E-state index contributed by atoms with van der Waals surface area (Å²) in [6, 6.07) is 4.27. The van der Waals surface area contributed by atoms with Crippen LogP contribution in [0, 0.1) is 18.7 Å². The predicted octanol–water partition coefficient (Wildman–Crippen LogP) is 2.06. The van der Waals surface area contributed by atoms with Crippen LogP contribution >= 0.6 is 0 Å². The standard InChI is InChI=1S/C12H17FN2O/c1-3-9(7-14)12(16)15-11-5-4-10(13)6-8(11)2/h4-6,9H,3,7,14H2,1-2H3,(H,15,16). The van der Waals surface area contributed by atoms with Gasteiger partial charge in [0.15, 0.2) is 0 Å². The lowest BCUT2D eigenvalue weighted by atomic mass is 10.1. The molecule has 0 aliphatic heterocycles. The molecular weight excluding hydrogens is 207 g/mol. The van der Waals surface area contributed by atoms with E-state index in [-0.39, 0.29) is 17.6 Å². The first kappa shape index (κ1) is 12.6. The van der Waals surface area contributed by atoms with Crippen LogP contribution in [-0.2, 0) is 4.79 Å². The Bertz CT molecular complexity index is 375. The molecule has 0 heterocycles. The van der Waals surface area contributed by atoms with Gasteiger partial charge in [-0.3, -0.25) is 4.79 Å². The number of rotatable bonds is 4. The number of benzene rings is 1. The van der Waals surface area contributed by atoms with Crippen LogP contribution in [-0.4, -0.2) is 12.5 Å². The highest BCUT2D eigenvalue weighted by Crippen LogP contribution is 2.17. The smallest absolute Gasteiger partial charge is 0.228 e. The van der Waals surface area contributed by atoms with Crippen molar-refractivity contribution in [2.24, 2.45) is 11.7 Å². The molecule has 88 valence electrons. The van der Waals surface area contributed by atoms with E-state index in [9.17, 15) is 9.18 Å². The molecule has 0 saturated heterocycles. The van der Waals surface area contributed by atoms with Crippen LogP contribution in [0.1, 0.15) is 18.9 Å². The molecule has 1 rings (SSSR count). The number of hydrogen-bond donors (Lipinski definition) is 2. The molecule has 1 aromatic carbocycles. The number of nitrogens with two attached hydrogens (primary N) is 1. The molecule has 1 atom stereocenters. The van der Waals surface area contributed by atoms with Gasteiger partial charge < -0.3 is 11.1 Å². The highest BCUT2D eigenvalue weighted by atomic mass is 19.1. The Morgan fingerprint density at radius 1 is 1.56 bits per heavy atom. The van der Waals surface area contributed by atoms with Crippen LogP contribution in [0.3, 0.4) is 0 Å². The molecule has 1 amide bonds. The summed E-state index contributed by atoms with van der Waals surface area (Å²) in [4.78, 5) is 11.7. The molecule has 0 aliphatic carbocycles. The second-order valence-electron chi connectivity index (χ2n) is 3.79. The zero-order valence-corrected chi connectivity index (χ0v) is 9.59. The number of aryl methyl sites for hydroxylation is 1. The maximum atomic E-state index is 12.8. The van der Waals surface area contributed by atoms with E-state index < -0.39 is 0 Å². The van der Waals surface area contributed by atoms with Crippen molar-refractivity contribution in [2.75, 3.05) is 11.9 Å². The third-order valence-electron chi connectivity index (χ3n) is 2.59. The van der Waals surface area contributed by atoms with Crippen molar-refractivity contribution in [3.63, 3.8) is 0 Å². The number of anilines is 1. The zero-order chi connectivity index (χ0) is 12.1. The maximum Gasteiger partial charge on any atom is 0.228 e. The van der Waals surface area contributed by atoms with E-state index >= 15 is 0 Å². The van der Waals surface area contributed by atoms with E-state index in [0.717, 1.165) is 0 Å². The molecule has 0 saturated carbocycles. The van der Waals surface area contributed by atoms with Gasteiger partial charge in [0.05, 0.1) is 5.92 Å². The van der Waals surface area contributed by atoms with Crippen LogP contribution in [0.5, 0.6) is 0 Å². The molecule has 3 N–H and O–H groups in total. The molecule has 0 aliphatic rings. The van der Waals surface area contributed by atoms with Gasteiger partial charge in [0.1, 0.15) is 5.82 Å². The average molecular weight is 224 g/mol. The summed E-state index contributed by atoms with van der Waals surface area (Å²) in [7, 11) is 0. The Kier molecular flexibility index (Phi) is 4.43. The number of carbonyl (C=O) groups is 1. The number of halogens is 1. The summed E-state index contributed by atoms with van der Waals surface area (Å²) in [5.74, 6) is -0.606. The summed E-state index contributed by atoms with van der Waals surface area (Å²) in [6.45, 7) is 3.99. The summed E-state index contributed by atoms with van der Waals surface area (Å²) in [5.41, 5.74) is 6.83. The maximum absolute atomic E-state index is 12.8. The van der Waals surface area contributed by atoms with Crippen LogP contribution in [0.2, 0.25) is 0 Å². The molecular formula is C12H17FN2O. The second-order valence-corrected chi connectivity index (χ2v) is 3.79. The van der Waals surface area contributed by atoms with E-state index in [1.165, 1.54) is 12.1 Å². The molecule has 0 fully saturated rings. The molecule has 1 aromatic rings. The topological polar surface area (TPSA) is 55.1 Å². The number of amides is 1. The van der Waals surface area contributed by atoms with Gasteiger partial charge in [-0.25, -0.2) is 4.39 Å². The lowest BCUT2D eigenvalue weighted by Gasteiger charge is -2.14. The summed E-state index contributed by atoms with van der Waals surface area (Å²) < 4.78 is 12.8. The minimum Gasteiger partial charge on any atom is -0.330 e. The molecule has 0 bridgehead atoms. The Labute approximate surface area is 94.8 Å². The third kappa shape index (κ3) is 3.03. The molecule has 4 heteroatoms. The first-order valence-electron chi connectivity index (χ1n) is 5.35. The minimum absolute atomic E-state index is 0.111. The Balaban J connectivity index is 2.76. The number of hydrogen-bond acceptors (Lipinski definition) is 2. The molecule has 3 nitrogen and oxygen atoms in total. The van der Waals surface area contributed by atoms with Gasteiger partial charge in [-0.2, -0.15) is 0 Å². The predicted molar refractivity (Wildman–Crippen MR) is 62.6 cm³/mol. The van der Waals surface area contributed by atoms with Crippen molar-refractivity contribution >= 4 is 11.6 Å². The van der Waals surface area contributed by atoms with Gasteiger partial charge in [-0.15, -0.1) is 0 Å². The highest BCUT2D eigenvalue weighted by molar-refractivity contribution is 5.93. The van der Waals surface area contributed by atoms with Gasteiger partial charge in [0.25, 0.3) is 0 Å². The van der Waals surface area contributed by atoms with Gasteiger partial charge in [-0.05, 0) is 37.1 Å². The van der Waals surface area contributed by atoms with E-state index in [4.69, 9.17) is 5.73 Å². The van der Waals surface area contributed by atoms with Crippen molar-refractivity contribution in [3.8, 4) is 0 Å². The second kappa shape index (κ2) is 5.61. The van der Waals surface area contributed by atoms with Crippen molar-refractivity contribution in [2.45, 2.75) is 20.3 Å². The quantitative estimate of drug-likeness (QED) is 0.822. The van der Waals surface area contributed by atoms with Gasteiger partial charge in [0.2, 0.25) is 5.91 Å². The first-order valence-corrected chi connectivity index (χ1v) is 5.35. The first-order chi connectivity index (χ1) is 7.58. The van der Waals surface area contributed by atoms with Crippen LogP contribution in [0.15, 0.2) is 18.2 Å². The number of nitrogens with one attached hydrogen (secondary N) is 1. The summed E-state index contributed by atoms with van der Waals surface area (Å²) in [6.07, 6.45) is 0.697. The molecule has 16 heavy (non-hydrogen) atoms. The lowest BCUT2D eigenvalue weighted by molar-refractivity contribution is -0.119. The Morgan fingerprint density at radius 3 is 2.75 bits per heavy atom. The van der Waals surface area contributed by atoms with Gasteiger partial charge in [-0.1, -0.05) is 6.92 Å². The zero-order valence-electron chi connectivity index (χ0n) is 9.59. The Morgan fingerprint density at radius 2 is 2.25 bits per heavy atom. The monoisotopic (exact) mass is 224 g/mol. The third-order valence-corrected chi connectivity index (χ3v) is 2.59. The van der Waals surface area contributed by atoms with Crippen LogP contribution in [0.4, 0.5) is 10.1 Å². The van der Waals surface area contributed by atoms with Crippen LogP contribution < -0.4 is 11.1 Å². The fraction of sp³-hybridized carbons (Fsp3) is 0.417. The van der Waals surface area contributed by atoms with Gasteiger partial charge in [0, 0.05) is 12.2 Å². The summed E-state index contributed by atoms with van der Waals surface area (Å²) >= 11 is 0. The fourth-order valence-electron chi connectivity index (χ4n) is 1.46. The van der Waals surface area contributed by atoms with Crippen molar-refractivity contribution in [1.82, 2.24) is 0 Å². The van der Waals surface area contributed by atoms with E-state index in [0.29, 0.717) is 24.2 Å². The van der Waals surface area contributed by atoms with E-state index in [1.807, 2.05) is 6.92 Å². The highest BCUT2D eigenvalue weighted by Gasteiger charge is 2.15. The minimum atomic E-state index is -0.304. The number of carbonyl (C=O) groups excluding carboxylic acids is 1. The fourth-order valence-corrected chi connectivity index (χ4v) is 1.46. The van der Waals surface area contributed by atoms with Crippen LogP contribution in [0.25, 0.3) is 0 Å². The van der Waals surface area contributed by atoms with E-state index in [1.54, 1.807) is 13.0 Å². The van der Waals surface area contributed by atoms with Crippen molar-refractivity contribution in [3.05, 3.63) is 29.6 Å². The molecule has 0 aromatic heterocycles.